The van der Waals surface area contributed by atoms with Crippen LogP contribution in [0.3, 0.4) is 0 Å². The molecule has 5 heteroatoms. The molecular formula is C22H20ClN3O. The molecule has 0 fully saturated rings. The standard InChI is InChI=1S/C22H20ClN3O/c1-15-6-8-19(12-20(15)23)25-21-9-7-17(13-24-21)22(27)26-11-10-16-4-2-3-5-18(16)14-26/h2-9,12-13H,10-11,14H2,1H3,(H,24,25). The van der Waals surface area contributed by atoms with Gasteiger partial charge >= 0.3 is 0 Å². The van der Waals surface area contributed by atoms with Gasteiger partial charge in [-0.25, -0.2) is 4.98 Å². The van der Waals surface area contributed by atoms with Crippen LogP contribution in [0.25, 0.3) is 0 Å². The van der Waals surface area contributed by atoms with Crippen LogP contribution in [0.4, 0.5) is 11.5 Å². The minimum absolute atomic E-state index is 0.0157. The topological polar surface area (TPSA) is 45.2 Å². The van der Waals surface area contributed by atoms with Gasteiger partial charge in [0.2, 0.25) is 0 Å². The summed E-state index contributed by atoms with van der Waals surface area (Å²) in [6.45, 7) is 3.35. The van der Waals surface area contributed by atoms with Crippen molar-refractivity contribution in [2.45, 2.75) is 19.9 Å². The predicted molar refractivity (Wildman–Crippen MR) is 109 cm³/mol. The summed E-state index contributed by atoms with van der Waals surface area (Å²) < 4.78 is 0. The van der Waals surface area contributed by atoms with Gasteiger partial charge < -0.3 is 10.2 Å². The normalized spacial score (nSPS) is 13.2. The van der Waals surface area contributed by atoms with Crippen molar-refractivity contribution in [2.75, 3.05) is 11.9 Å². The Morgan fingerprint density at radius 3 is 2.67 bits per heavy atom. The van der Waals surface area contributed by atoms with E-state index in [1.165, 1.54) is 11.1 Å². The summed E-state index contributed by atoms with van der Waals surface area (Å²) >= 11 is 6.16. The average molecular weight is 378 g/mol. The predicted octanol–water partition coefficient (Wildman–Crippen LogP) is 4.99. The molecule has 1 aromatic heterocycles. The minimum atomic E-state index is 0.0157. The van der Waals surface area contributed by atoms with E-state index in [0.29, 0.717) is 22.9 Å². The van der Waals surface area contributed by atoms with Crippen LogP contribution in [0.1, 0.15) is 27.0 Å². The van der Waals surface area contributed by atoms with Gasteiger partial charge in [0, 0.05) is 30.0 Å². The third-order valence-electron chi connectivity index (χ3n) is 4.87. The maximum Gasteiger partial charge on any atom is 0.255 e. The lowest BCUT2D eigenvalue weighted by molar-refractivity contribution is 0.0734. The molecule has 0 saturated heterocycles. The maximum absolute atomic E-state index is 12.8. The van der Waals surface area contributed by atoms with Gasteiger partial charge in [-0.1, -0.05) is 41.9 Å². The monoisotopic (exact) mass is 377 g/mol. The molecule has 2 aromatic carbocycles. The molecule has 1 aliphatic heterocycles. The van der Waals surface area contributed by atoms with E-state index >= 15 is 0 Å². The summed E-state index contributed by atoms with van der Waals surface area (Å²) in [5.41, 5.74) is 5.04. The van der Waals surface area contributed by atoms with Gasteiger partial charge in [0.05, 0.1) is 5.56 Å². The molecule has 0 saturated carbocycles. The number of hydrogen-bond acceptors (Lipinski definition) is 3. The third kappa shape index (κ3) is 3.81. The fourth-order valence-corrected chi connectivity index (χ4v) is 3.45. The van der Waals surface area contributed by atoms with E-state index in [1.54, 1.807) is 6.20 Å². The van der Waals surface area contributed by atoms with Gasteiger partial charge in [-0.15, -0.1) is 0 Å². The van der Waals surface area contributed by atoms with Crippen LogP contribution in [0.5, 0.6) is 0 Å². The van der Waals surface area contributed by atoms with Crippen molar-refractivity contribution < 1.29 is 4.79 Å². The molecule has 0 spiro atoms. The molecule has 0 unspecified atom stereocenters. The smallest absolute Gasteiger partial charge is 0.255 e. The zero-order valence-corrected chi connectivity index (χ0v) is 15.8. The molecule has 1 aliphatic rings. The fraction of sp³-hybridized carbons (Fsp3) is 0.182. The van der Waals surface area contributed by atoms with Crippen LogP contribution >= 0.6 is 11.6 Å². The zero-order valence-electron chi connectivity index (χ0n) is 15.1. The molecule has 1 amide bonds. The van der Waals surface area contributed by atoms with Gasteiger partial charge in [-0.05, 0) is 54.3 Å². The number of aryl methyl sites for hydroxylation is 1. The van der Waals surface area contributed by atoms with Gasteiger partial charge in [0.25, 0.3) is 5.91 Å². The van der Waals surface area contributed by atoms with E-state index < -0.39 is 0 Å². The highest BCUT2D eigenvalue weighted by Gasteiger charge is 2.21. The molecule has 136 valence electrons. The van der Waals surface area contributed by atoms with Crippen LogP contribution in [0.15, 0.2) is 60.8 Å². The number of nitrogens with zero attached hydrogens (tertiary/aromatic N) is 2. The summed E-state index contributed by atoms with van der Waals surface area (Å²) in [6.07, 6.45) is 2.52. The third-order valence-corrected chi connectivity index (χ3v) is 5.28. The van der Waals surface area contributed by atoms with E-state index in [-0.39, 0.29) is 5.91 Å². The van der Waals surface area contributed by atoms with Crippen LogP contribution in [0, 0.1) is 6.92 Å². The number of hydrogen-bond donors (Lipinski definition) is 1. The SMILES string of the molecule is Cc1ccc(Nc2ccc(C(=O)N3CCc4ccccc4C3)cn2)cc1Cl. The molecule has 4 rings (SSSR count). The molecule has 3 aromatic rings. The number of halogens is 1. The van der Waals surface area contributed by atoms with Crippen molar-refractivity contribution in [1.29, 1.82) is 0 Å². The van der Waals surface area contributed by atoms with Crippen molar-refractivity contribution in [1.82, 2.24) is 9.88 Å². The first-order chi connectivity index (χ1) is 13.1. The van der Waals surface area contributed by atoms with E-state index in [2.05, 4.69) is 22.4 Å². The summed E-state index contributed by atoms with van der Waals surface area (Å²) in [5, 5.41) is 3.92. The Labute approximate surface area is 163 Å². The summed E-state index contributed by atoms with van der Waals surface area (Å²) in [7, 11) is 0. The van der Waals surface area contributed by atoms with E-state index in [9.17, 15) is 4.79 Å². The van der Waals surface area contributed by atoms with Crippen LogP contribution in [-0.4, -0.2) is 22.3 Å². The van der Waals surface area contributed by atoms with Crippen molar-refractivity contribution in [3.63, 3.8) is 0 Å². The number of aromatic nitrogens is 1. The number of amides is 1. The molecule has 0 atom stereocenters. The number of carbonyl (C=O) groups is 1. The lowest BCUT2D eigenvalue weighted by atomic mass is 9.99. The maximum atomic E-state index is 12.8. The highest BCUT2D eigenvalue weighted by Crippen LogP contribution is 2.23. The van der Waals surface area contributed by atoms with Crippen molar-refractivity contribution in [2.24, 2.45) is 0 Å². The molecule has 0 radical (unpaired) electrons. The largest absolute Gasteiger partial charge is 0.340 e. The second kappa shape index (κ2) is 7.41. The van der Waals surface area contributed by atoms with Crippen molar-refractivity contribution in [3.05, 3.63) is 88.1 Å². The molecule has 1 N–H and O–H groups in total. The van der Waals surface area contributed by atoms with Crippen LogP contribution in [0.2, 0.25) is 5.02 Å². The van der Waals surface area contributed by atoms with Gasteiger partial charge in [-0.3, -0.25) is 4.79 Å². The Morgan fingerprint density at radius 2 is 1.93 bits per heavy atom. The number of anilines is 2. The number of carbonyl (C=O) groups excluding carboxylic acids is 1. The van der Waals surface area contributed by atoms with Crippen molar-refractivity contribution in [3.8, 4) is 0 Å². The average Bonchev–Trinajstić information content (AvgIpc) is 2.70. The quantitative estimate of drug-likeness (QED) is 0.699. The Balaban J connectivity index is 1.46. The zero-order chi connectivity index (χ0) is 18.8. The molecular weight excluding hydrogens is 358 g/mol. The number of pyridine rings is 1. The molecule has 27 heavy (non-hydrogen) atoms. The summed E-state index contributed by atoms with van der Waals surface area (Å²) in [4.78, 5) is 19.1. The first-order valence-corrected chi connectivity index (χ1v) is 9.33. The first kappa shape index (κ1) is 17.6. The van der Waals surface area contributed by atoms with E-state index in [0.717, 1.165) is 24.2 Å². The van der Waals surface area contributed by atoms with Crippen LogP contribution in [-0.2, 0) is 13.0 Å². The Morgan fingerprint density at radius 1 is 1.11 bits per heavy atom. The van der Waals surface area contributed by atoms with Gasteiger partial charge in [0.1, 0.15) is 5.82 Å². The Hall–Kier alpha value is -2.85. The number of rotatable bonds is 3. The highest BCUT2D eigenvalue weighted by atomic mass is 35.5. The summed E-state index contributed by atoms with van der Waals surface area (Å²) in [5.74, 6) is 0.692. The lowest BCUT2D eigenvalue weighted by Crippen LogP contribution is -2.35. The highest BCUT2D eigenvalue weighted by molar-refractivity contribution is 6.31. The second-order valence-electron chi connectivity index (χ2n) is 6.77. The fourth-order valence-electron chi connectivity index (χ4n) is 3.26. The number of benzene rings is 2. The van der Waals surface area contributed by atoms with Crippen molar-refractivity contribution >= 4 is 29.0 Å². The van der Waals surface area contributed by atoms with Gasteiger partial charge in [-0.2, -0.15) is 0 Å². The molecule has 0 aliphatic carbocycles. The molecule has 4 nitrogen and oxygen atoms in total. The Bertz CT molecular complexity index is 985. The van der Waals surface area contributed by atoms with E-state index in [4.69, 9.17) is 11.6 Å². The van der Waals surface area contributed by atoms with Gasteiger partial charge in [0.15, 0.2) is 0 Å². The first-order valence-electron chi connectivity index (χ1n) is 8.95. The molecule has 2 heterocycles. The second-order valence-corrected chi connectivity index (χ2v) is 7.17. The van der Waals surface area contributed by atoms with Crippen LogP contribution < -0.4 is 5.32 Å². The Kier molecular flexibility index (Phi) is 4.82. The number of nitrogens with one attached hydrogen (secondary N) is 1. The number of fused-ring (bicyclic) bond motifs is 1. The minimum Gasteiger partial charge on any atom is -0.340 e. The van der Waals surface area contributed by atoms with E-state index in [1.807, 2.05) is 54.3 Å². The molecule has 0 bridgehead atoms. The lowest BCUT2D eigenvalue weighted by Gasteiger charge is -2.28. The summed E-state index contributed by atoms with van der Waals surface area (Å²) in [6, 6.07) is 17.7.